The molecule has 2 nitrogen and oxygen atoms in total. The molecule has 0 bridgehead atoms. The maximum atomic E-state index is 13.4. The molecular formula is C12H15F2NO. The van der Waals surface area contributed by atoms with Crippen molar-refractivity contribution in [2.24, 2.45) is 5.73 Å². The molecule has 1 aliphatic carbocycles. The minimum Gasteiger partial charge on any atom is -0.484 e. The number of ether oxygens (including phenoxy) is 1. The van der Waals surface area contributed by atoms with Crippen LogP contribution in [0.3, 0.4) is 0 Å². The number of nitrogens with two attached hydrogens (primary N) is 1. The molecule has 0 spiro atoms. The van der Waals surface area contributed by atoms with Crippen LogP contribution in [0.2, 0.25) is 0 Å². The summed E-state index contributed by atoms with van der Waals surface area (Å²) in [6, 6.07) is 3.25. The van der Waals surface area contributed by atoms with E-state index < -0.39 is 11.6 Å². The van der Waals surface area contributed by atoms with E-state index in [1.165, 1.54) is 0 Å². The van der Waals surface area contributed by atoms with Gasteiger partial charge in [0.05, 0.1) is 0 Å². The third-order valence-corrected chi connectivity index (χ3v) is 3.08. The molecular weight excluding hydrogens is 212 g/mol. The van der Waals surface area contributed by atoms with Crippen LogP contribution in [0.5, 0.6) is 5.75 Å². The van der Waals surface area contributed by atoms with E-state index in [4.69, 9.17) is 10.5 Å². The molecule has 2 N–H and O–H groups in total. The predicted octanol–water partition coefficient (Wildman–Crippen LogP) is 2.62. The number of rotatable bonds is 4. The molecule has 1 aromatic rings. The summed E-state index contributed by atoms with van der Waals surface area (Å²) >= 11 is 0. The van der Waals surface area contributed by atoms with Gasteiger partial charge in [-0.3, -0.25) is 0 Å². The zero-order chi connectivity index (χ0) is 11.6. The summed E-state index contributed by atoms with van der Waals surface area (Å²) in [5.74, 6) is -1.02. The first kappa shape index (κ1) is 11.3. The van der Waals surface area contributed by atoms with Gasteiger partial charge in [-0.05, 0) is 44.4 Å². The molecule has 0 atom stereocenters. The van der Waals surface area contributed by atoms with Crippen LogP contribution in [0, 0.1) is 11.6 Å². The van der Waals surface area contributed by atoms with Gasteiger partial charge in [-0.25, -0.2) is 8.78 Å². The third-order valence-electron chi connectivity index (χ3n) is 3.08. The smallest absolute Gasteiger partial charge is 0.165 e. The number of hydrogen-bond acceptors (Lipinski definition) is 2. The van der Waals surface area contributed by atoms with Gasteiger partial charge in [-0.2, -0.15) is 0 Å². The van der Waals surface area contributed by atoms with Crippen molar-refractivity contribution in [2.75, 3.05) is 6.54 Å². The maximum absolute atomic E-state index is 13.4. The molecule has 1 aliphatic rings. The molecule has 0 heterocycles. The number of hydrogen-bond donors (Lipinski definition) is 1. The average molecular weight is 227 g/mol. The van der Waals surface area contributed by atoms with Crippen molar-refractivity contribution < 1.29 is 13.5 Å². The van der Waals surface area contributed by atoms with Crippen LogP contribution in [0.1, 0.15) is 25.7 Å². The predicted molar refractivity (Wildman–Crippen MR) is 57.2 cm³/mol. The first-order chi connectivity index (χ1) is 7.65. The lowest BCUT2D eigenvalue weighted by atomic mass is 9.77. The monoisotopic (exact) mass is 227 g/mol. The van der Waals surface area contributed by atoms with Gasteiger partial charge in [0.2, 0.25) is 0 Å². The highest BCUT2D eigenvalue weighted by Crippen LogP contribution is 2.39. The van der Waals surface area contributed by atoms with Gasteiger partial charge >= 0.3 is 0 Å². The summed E-state index contributed by atoms with van der Waals surface area (Å²) in [7, 11) is 0. The molecule has 1 fully saturated rings. The highest BCUT2D eigenvalue weighted by atomic mass is 19.1. The molecule has 1 aromatic carbocycles. The molecule has 2 rings (SSSR count). The quantitative estimate of drug-likeness (QED) is 0.858. The fraction of sp³-hybridized carbons (Fsp3) is 0.500. The van der Waals surface area contributed by atoms with Crippen LogP contribution < -0.4 is 10.5 Å². The SMILES string of the molecule is NCCC1(Oc2cc(F)ccc2F)CCC1. The first-order valence-corrected chi connectivity index (χ1v) is 5.49. The highest BCUT2D eigenvalue weighted by molar-refractivity contribution is 5.26. The van der Waals surface area contributed by atoms with E-state index in [-0.39, 0.29) is 11.4 Å². The van der Waals surface area contributed by atoms with Crippen molar-refractivity contribution in [1.82, 2.24) is 0 Å². The Labute approximate surface area is 93.4 Å². The van der Waals surface area contributed by atoms with Gasteiger partial charge in [0, 0.05) is 6.07 Å². The standard InChI is InChI=1S/C12H15F2NO/c13-9-2-3-10(14)11(8-9)16-12(6-7-15)4-1-5-12/h2-3,8H,1,4-7,15H2. The van der Waals surface area contributed by atoms with Gasteiger partial charge in [0.15, 0.2) is 11.6 Å². The van der Waals surface area contributed by atoms with Crippen molar-refractivity contribution in [3.05, 3.63) is 29.8 Å². The molecule has 16 heavy (non-hydrogen) atoms. The van der Waals surface area contributed by atoms with Gasteiger partial charge in [-0.15, -0.1) is 0 Å². The summed E-state index contributed by atoms with van der Waals surface area (Å²) in [6.45, 7) is 0.497. The van der Waals surface area contributed by atoms with Crippen molar-refractivity contribution in [3.63, 3.8) is 0 Å². The lowest BCUT2D eigenvalue weighted by Crippen LogP contribution is -2.45. The fourth-order valence-corrected chi connectivity index (χ4v) is 2.03. The summed E-state index contributed by atoms with van der Waals surface area (Å²) in [5, 5.41) is 0. The Kier molecular flexibility index (Phi) is 3.10. The zero-order valence-electron chi connectivity index (χ0n) is 9.01. The second-order valence-electron chi connectivity index (χ2n) is 4.25. The minimum absolute atomic E-state index is 0.00634. The molecule has 0 aromatic heterocycles. The molecule has 0 aliphatic heterocycles. The maximum Gasteiger partial charge on any atom is 0.165 e. The Hall–Kier alpha value is -1.16. The molecule has 88 valence electrons. The van der Waals surface area contributed by atoms with Crippen molar-refractivity contribution in [2.45, 2.75) is 31.3 Å². The average Bonchev–Trinajstić information content (AvgIpc) is 2.20. The molecule has 4 heteroatoms. The van der Waals surface area contributed by atoms with Crippen LogP contribution in [0.4, 0.5) is 8.78 Å². The highest BCUT2D eigenvalue weighted by Gasteiger charge is 2.39. The first-order valence-electron chi connectivity index (χ1n) is 5.49. The minimum atomic E-state index is -0.523. The second-order valence-corrected chi connectivity index (χ2v) is 4.25. The summed E-state index contributed by atoms with van der Waals surface area (Å²) in [5.41, 5.74) is 5.13. The summed E-state index contributed by atoms with van der Waals surface area (Å²) in [4.78, 5) is 0. The van der Waals surface area contributed by atoms with Crippen LogP contribution in [0.25, 0.3) is 0 Å². The van der Waals surface area contributed by atoms with E-state index in [0.717, 1.165) is 37.5 Å². The summed E-state index contributed by atoms with van der Waals surface area (Å²) in [6.07, 6.45) is 3.46. The summed E-state index contributed by atoms with van der Waals surface area (Å²) < 4.78 is 31.9. The Balaban J connectivity index is 2.15. The van der Waals surface area contributed by atoms with Gasteiger partial charge in [0.1, 0.15) is 11.4 Å². The lowest BCUT2D eigenvalue weighted by Gasteiger charge is -2.41. The normalized spacial score (nSPS) is 17.9. The fourth-order valence-electron chi connectivity index (χ4n) is 2.03. The topological polar surface area (TPSA) is 35.2 Å². The van der Waals surface area contributed by atoms with Gasteiger partial charge in [0.25, 0.3) is 0 Å². The second kappa shape index (κ2) is 4.37. The molecule has 1 saturated carbocycles. The van der Waals surface area contributed by atoms with Crippen LogP contribution in [0.15, 0.2) is 18.2 Å². The van der Waals surface area contributed by atoms with Gasteiger partial charge in [-0.1, -0.05) is 0 Å². The zero-order valence-corrected chi connectivity index (χ0v) is 9.01. The van der Waals surface area contributed by atoms with Crippen molar-refractivity contribution in [3.8, 4) is 5.75 Å². The van der Waals surface area contributed by atoms with E-state index >= 15 is 0 Å². The molecule has 0 unspecified atom stereocenters. The molecule has 0 amide bonds. The van der Waals surface area contributed by atoms with Crippen LogP contribution in [-0.4, -0.2) is 12.1 Å². The Morgan fingerprint density at radius 3 is 2.62 bits per heavy atom. The molecule has 0 radical (unpaired) electrons. The molecule has 0 saturated heterocycles. The van der Waals surface area contributed by atoms with E-state index in [1.807, 2.05) is 0 Å². The lowest BCUT2D eigenvalue weighted by molar-refractivity contribution is -0.0156. The van der Waals surface area contributed by atoms with Crippen LogP contribution >= 0.6 is 0 Å². The Bertz CT molecular complexity index is 377. The third kappa shape index (κ3) is 2.16. The Morgan fingerprint density at radius 1 is 1.31 bits per heavy atom. The van der Waals surface area contributed by atoms with Crippen LogP contribution in [-0.2, 0) is 0 Å². The Morgan fingerprint density at radius 2 is 2.06 bits per heavy atom. The van der Waals surface area contributed by atoms with E-state index in [1.54, 1.807) is 0 Å². The number of benzene rings is 1. The largest absolute Gasteiger partial charge is 0.484 e. The van der Waals surface area contributed by atoms with Gasteiger partial charge < -0.3 is 10.5 Å². The van der Waals surface area contributed by atoms with Crippen molar-refractivity contribution in [1.29, 1.82) is 0 Å². The number of halogens is 2. The van der Waals surface area contributed by atoms with Crippen molar-refractivity contribution >= 4 is 0 Å². The van der Waals surface area contributed by atoms with E-state index in [2.05, 4.69) is 0 Å². The van der Waals surface area contributed by atoms with E-state index in [0.29, 0.717) is 13.0 Å². The van der Waals surface area contributed by atoms with E-state index in [9.17, 15) is 8.78 Å².